The Balaban J connectivity index is 1.96. The van der Waals surface area contributed by atoms with Gasteiger partial charge in [0.2, 0.25) is 10.0 Å². The maximum absolute atomic E-state index is 13.0. The molecule has 0 fully saturated rings. The van der Waals surface area contributed by atoms with Crippen molar-refractivity contribution in [3.63, 3.8) is 0 Å². The molecule has 0 aliphatic rings. The standard InChI is InChI=1S/C16H13Cl2FN4O3S/c17-12-7-10(27(25,26)21-5-6-24)2-3-11(12)14-15(18)23-16(22-14)13-4-1-9(19)8-20-13/h1-4,7-8,21,24H,5-6H2,(H,22,23). The summed E-state index contributed by atoms with van der Waals surface area (Å²) >= 11 is 12.4. The summed E-state index contributed by atoms with van der Waals surface area (Å²) < 4.78 is 39.5. The molecule has 0 aliphatic heterocycles. The molecule has 0 atom stereocenters. The van der Waals surface area contributed by atoms with Crippen molar-refractivity contribution in [3.8, 4) is 22.8 Å². The van der Waals surface area contributed by atoms with Crippen molar-refractivity contribution in [1.82, 2.24) is 19.7 Å². The van der Waals surface area contributed by atoms with Crippen LogP contribution in [0.2, 0.25) is 10.2 Å². The van der Waals surface area contributed by atoms with E-state index in [1.165, 1.54) is 30.3 Å². The molecule has 0 aliphatic carbocycles. The molecule has 3 N–H and O–H groups in total. The number of benzene rings is 1. The Hall–Kier alpha value is -2.04. The number of sulfonamides is 1. The number of nitrogens with zero attached hydrogens (tertiary/aromatic N) is 2. The molecular formula is C16H13Cl2FN4O3S. The van der Waals surface area contributed by atoms with E-state index < -0.39 is 15.8 Å². The van der Waals surface area contributed by atoms with Crippen LogP contribution in [-0.4, -0.2) is 41.6 Å². The summed E-state index contributed by atoms with van der Waals surface area (Å²) in [6.07, 6.45) is 1.05. The van der Waals surface area contributed by atoms with Gasteiger partial charge in [0.05, 0.1) is 22.7 Å². The van der Waals surface area contributed by atoms with Crippen LogP contribution in [-0.2, 0) is 10.0 Å². The number of halogens is 3. The van der Waals surface area contributed by atoms with Crippen molar-refractivity contribution >= 4 is 33.2 Å². The highest BCUT2D eigenvalue weighted by molar-refractivity contribution is 7.89. The topological polar surface area (TPSA) is 108 Å². The maximum atomic E-state index is 13.0. The quantitative estimate of drug-likeness (QED) is 0.557. The smallest absolute Gasteiger partial charge is 0.240 e. The number of hydrogen-bond donors (Lipinski definition) is 3. The SMILES string of the molecule is O=S(=O)(NCCO)c1ccc(-c2nc(-c3ccc(F)cn3)[nH]c2Cl)c(Cl)c1. The lowest BCUT2D eigenvalue weighted by Crippen LogP contribution is -2.26. The van der Waals surface area contributed by atoms with Gasteiger partial charge in [-0.25, -0.2) is 27.5 Å². The van der Waals surface area contributed by atoms with Crippen LogP contribution >= 0.6 is 23.2 Å². The zero-order valence-corrected chi connectivity index (χ0v) is 15.9. The molecule has 0 spiro atoms. The van der Waals surface area contributed by atoms with Crippen LogP contribution in [0.15, 0.2) is 41.4 Å². The Labute approximate surface area is 164 Å². The van der Waals surface area contributed by atoms with E-state index in [1.54, 1.807) is 0 Å². The van der Waals surface area contributed by atoms with Gasteiger partial charge in [0.1, 0.15) is 22.4 Å². The van der Waals surface area contributed by atoms with Crippen LogP contribution in [0.5, 0.6) is 0 Å². The van der Waals surface area contributed by atoms with Crippen LogP contribution in [0.4, 0.5) is 4.39 Å². The first-order valence-corrected chi connectivity index (χ1v) is 9.83. The van der Waals surface area contributed by atoms with Crippen molar-refractivity contribution in [2.75, 3.05) is 13.2 Å². The van der Waals surface area contributed by atoms with E-state index in [1.807, 2.05) is 0 Å². The number of rotatable bonds is 6. The Bertz CT molecular complexity index is 1070. The van der Waals surface area contributed by atoms with E-state index in [0.29, 0.717) is 22.8 Å². The van der Waals surface area contributed by atoms with Gasteiger partial charge in [-0.2, -0.15) is 0 Å². The third-order valence-corrected chi connectivity index (χ3v) is 5.58. The van der Waals surface area contributed by atoms with E-state index in [0.717, 1.165) is 6.20 Å². The second-order valence-electron chi connectivity index (χ2n) is 5.37. The molecule has 0 amide bonds. The first kappa shape index (κ1) is 19.7. The molecule has 2 aromatic heterocycles. The minimum Gasteiger partial charge on any atom is -0.395 e. The number of aromatic nitrogens is 3. The van der Waals surface area contributed by atoms with Crippen LogP contribution in [0, 0.1) is 5.82 Å². The van der Waals surface area contributed by atoms with Gasteiger partial charge in [-0.3, -0.25) is 0 Å². The lowest BCUT2D eigenvalue weighted by Gasteiger charge is -2.08. The van der Waals surface area contributed by atoms with Crippen LogP contribution in [0.25, 0.3) is 22.8 Å². The summed E-state index contributed by atoms with van der Waals surface area (Å²) in [6, 6.07) is 6.77. The molecule has 3 rings (SSSR count). The molecule has 0 saturated heterocycles. The first-order valence-electron chi connectivity index (χ1n) is 7.59. The van der Waals surface area contributed by atoms with Gasteiger partial charge in [-0.05, 0) is 30.3 Å². The van der Waals surface area contributed by atoms with Gasteiger partial charge in [0.15, 0.2) is 5.82 Å². The van der Waals surface area contributed by atoms with Crippen molar-refractivity contribution in [2.45, 2.75) is 4.90 Å². The molecular weight excluding hydrogens is 418 g/mol. The average molecular weight is 431 g/mol. The summed E-state index contributed by atoms with van der Waals surface area (Å²) in [5, 5.41) is 9.05. The Kier molecular flexibility index (Phi) is 5.78. The summed E-state index contributed by atoms with van der Waals surface area (Å²) in [4.78, 5) is 11.0. The Morgan fingerprint density at radius 3 is 2.63 bits per heavy atom. The molecule has 142 valence electrons. The third kappa shape index (κ3) is 4.28. The number of imidazole rings is 1. The minimum atomic E-state index is -3.80. The molecule has 0 bridgehead atoms. The second kappa shape index (κ2) is 7.91. The fourth-order valence-corrected chi connectivity index (χ4v) is 3.90. The molecule has 0 saturated carbocycles. The lowest BCUT2D eigenvalue weighted by molar-refractivity contribution is 0.301. The van der Waals surface area contributed by atoms with Gasteiger partial charge >= 0.3 is 0 Å². The van der Waals surface area contributed by atoms with E-state index in [9.17, 15) is 12.8 Å². The van der Waals surface area contributed by atoms with E-state index in [-0.39, 0.29) is 28.2 Å². The second-order valence-corrected chi connectivity index (χ2v) is 7.92. The van der Waals surface area contributed by atoms with Crippen LogP contribution in [0.1, 0.15) is 0 Å². The van der Waals surface area contributed by atoms with Crippen molar-refractivity contribution < 1.29 is 17.9 Å². The van der Waals surface area contributed by atoms with E-state index in [2.05, 4.69) is 19.7 Å². The highest BCUT2D eigenvalue weighted by atomic mass is 35.5. The monoisotopic (exact) mass is 430 g/mol. The summed E-state index contributed by atoms with van der Waals surface area (Å²) in [5.41, 5.74) is 1.09. The van der Waals surface area contributed by atoms with Gasteiger partial charge < -0.3 is 10.1 Å². The molecule has 3 aromatic rings. The number of aliphatic hydroxyl groups is 1. The predicted molar refractivity (Wildman–Crippen MR) is 99.5 cm³/mol. The Morgan fingerprint density at radius 1 is 1.22 bits per heavy atom. The van der Waals surface area contributed by atoms with Gasteiger partial charge in [-0.1, -0.05) is 23.2 Å². The number of aromatic amines is 1. The lowest BCUT2D eigenvalue weighted by atomic mass is 10.2. The number of pyridine rings is 1. The maximum Gasteiger partial charge on any atom is 0.240 e. The van der Waals surface area contributed by atoms with Crippen LogP contribution in [0.3, 0.4) is 0 Å². The van der Waals surface area contributed by atoms with Crippen molar-refractivity contribution in [1.29, 1.82) is 0 Å². The normalized spacial score (nSPS) is 11.7. The first-order chi connectivity index (χ1) is 12.8. The highest BCUT2D eigenvalue weighted by Gasteiger charge is 2.19. The molecule has 1 aromatic carbocycles. The fourth-order valence-electron chi connectivity index (χ4n) is 2.29. The predicted octanol–water partition coefficient (Wildman–Crippen LogP) is 2.86. The van der Waals surface area contributed by atoms with E-state index in [4.69, 9.17) is 28.3 Å². The molecule has 2 heterocycles. The van der Waals surface area contributed by atoms with Gasteiger partial charge in [0, 0.05) is 12.1 Å². The molecule has 0 radical (unpaired) electrons. The third-order valence-electron chi connectivity index (χ3n) is 3.54. The van der Waals surface area contributed by atoms with E-state index >= 15 is 0 Å². The largest absolute Gasteiger partial charge is 0.395 e. The number of H-pyrrole nitrogens is 1. The molecule has 0 unspecified atom stereocenters. The zero-order chi connectivity index (χ0) is 19.6. The number of hydrogen-bond acceptors (Lipinski definition) is 5. The van der Waals surface area contributed by atoms with Gasteiger partial charge in [0.25, 0.3) is 0 Å². The summed E-state index contributed by atoms with van der Waals surface area (Å²) in [5.74, 6) is -0.168. The highest BCUT2D eigenvalue weighted by Crippen LogP contribution is 2.34. The zero-order valence-electron chi connectivity index (χ0n) is 13.6. The van der Waals surface area contributed by atoms with Crippen molar-refractivity contribution in [3.05, 3.63) is 52.5 Å². The average Bonchev–Trinajstić information content (AvgIpc) is 3.02. The number of aliphatic hydroxyl groups excluding tert-OH is 1. The van der Waals surface area contributed by atoms with Crippen molar-refractivity contribution in [2.24, 2.45) is 0 Å². The Morgan fingerprint density at radius 2 is 2.00 bits per heavy atom. The molecule has 27 heavy (non-hydrogen) atoms. The molecule has 7 nitrogen and oxygen atoms in total. The summed E-state index contributed by atoms with van der Waals surface area (Å²) in [6.45, 7) is -0.435. The van der Waals surface area contributed by atoms with Crippen LogP contribution < -0.4 is 4.72 Å². The fraction of sp³-hybridized carbons (Fsp3) is 0.125. The minimum absolute atomic E-state index is 0.0585. The number of nitrogens with one attached hydrogen (secondary N) is 2. The van der Waals surface area contributed by atoms with Gasteiger partial charge in [-0.15, -0.1) is 0 Å². The molecule has 11 heteroatoms. The summed E-state index contributed by atoms with van der Waals surface area (Å²) in [7, 11) is -3.80.